The van der Waals surface area contributed by atoms with Gasteiger partial charge in [-0.1, -0.05) is 18.6 Å². The van der Waals surface area contributed by atoms with Crippen molar-refractivity contribution in [2.75, 3.05) is 92.4 Å². The van der Waals surface area contributed by atoms with E-state index < -0.39 is 0 Å². The molecular formula is C36H52N2O9S2. The predicted octanol–water partition coefficient (Wildman–Crippen LogP) is 5.40. The van der Waals surface area contributed by atoms with E-state index in [-0.39, 0.29) is 12.4 Å². The van der Waals surface area contributed by atoms with Gasteiger partial charge in [-0.3, -0.25) is 9.59 Å². The first-order valence-corrected chi connectivity index (χ1v) is 19.1. The van der Waals surface area contributed by atoms with Gasteiger partial charge >= 0.3 is 5.97 Å². The highest BCUT2D eigenvalue weighted by Crippen LogP contribution is 2.42. The molecule has 1 N–H and O–H groups in total. The van der Waals surface area contributed by atoms with E-state index in [1.54, 1.807) is 29.6 Å². The maximum atomic E-state index is 13.0. The largest absolute Gasteiger partial charge is 0.466 e. The van der Waals surface area contributed by atoms with E-state index in [9.17, 15) is 9.59 Å². The van der Waals surface area contributed by atoms with Gasteiger partial charge in [0.05, 0.1) is 95.9 Å². The molecule has 49 heavy (non-hydrogen) atoms. The molecule has 0 amide bonds. The van der Waals surface area contributed by atoms with Crippen molar-refractivity contribution < 1.29 is 42.7 Å². The van der Waals surface area contributed by atoms with E-state index in [2.05, 4.69) is 23.5 Å². The highest BCUT2D eigenvalue weighted by molar-refractivity contribution is 7.22. The summed E-state index contributed by atoms with van der Waals surface area (Å²) in [6, 6.07) is 8.26. The second kappa shape index (κ2) is 24.0. The van der Waals surface area contributed by atoms with Crippen LogP contribution in [-0.2, 0) is 62.1 Å². The number of unbranched alkanes of at least 4 members (excludes halogenated alkanes) is 2. The van der Waals surface area contributed by atoms with Crippen molar-refractivity contribution in [3.05, 3.63) is 39.6 Å². The van der Waals surface area contributed by atoms with Crippen molar-refractivity contribution in [3.63, 3.8) is 0 Å². The molecule has 0 saturated carbocycles. The lowest BCUT2D eigenvalue weighted by Crippen LogP contribution is -2.22. The number of esters is 1. The Morgan fingerprint density at radius 2 is 1.39 bits per heavy atom. The van der Waals surface area contributed by atoms with Crippen LogP contribution in [0, 0.1) is 0 Å². The number of thiophene rings is 1. The van der Waals surface area contributed by atoms with Crippen LogP contribution in [0.15, 0.2) is 24.3 Å². The molecule has 13 heteroatoms. The highest BCUT2D eigenvalue weighted by atomic mass is 32.1. The van der Waals surface area contributed by atoms with Gasteiger partial charge in [0.1, 0.15) is 10.8 Å². The number of hydrogen-bond donors (Lipinski definition) is 1. The second-order valence-corrected chi connectivity index (χ2v) is 13.7. The standard InChI is InChI=1S/C36H52N2O9S2/c1-2-47-34(40)12-15-42-17-19-44-21-23-46-25-24-45-22-20-43-18-16-41-14-7-3-4-8-28(39)26-32-35(29-11-13-37-27-33(29)48-32)36-38-30-9-5-6-10-31(30)49-36/h5-6,9-10,37H,2-4,7-8,11-27H2,1H3. The number of ketones is 1. The fraction of sp³-hybridized carbons (Fsp3) is 0.639. The molecule has 3 heterocycles. The minimum atomic E-state index is -0.249. The maximum absolute atomic E-state index is 13.0. The van der Waals surface area contributed by atoms with E-state index in [0.29, 0.717) is 105 Å². The van der Waals surface area contributed by atoms with Crippen LogP contribution in [0.5, 0.6) is 0 Å². The van der Waals surface area contributed by atoms with Crippen LogP contribution in [0.4, 0.5) is 0 Å². The number of nitrogens with one attached hydrogen (secondary N) is 1. The summed E-state index contributed by atoms with van der Waals surface area (Å²) in [6.45, 7) is 9.93. The summed E-state index contributed by atoms with van der Waals surface area (Å²) in [7, 11) is 0. The number of ether oxygens (including phenoxy) is 7. The number of rotatable bonds is 28. The molecule has 1 aromatic carbocycles. The number of carbonyl (C=O) groups is 2. The first-order valence-electron chi connectivity index (χ1n) is 17.5. The van der Waals surface area contributed by atoms with Crippen LogP contribution in [0.25, 0.3) is 20.8 Å². The van der Waals surface area contributed by atoms with Crippen molar-refractivity contribution in [2.24, 2.45) is 0 Å². The van der Waals surface area contributed by atoms with Crippen LogP contribution in [0.2, 0.25) is 0 Å². The number of para-hydroxylation sites is 1. The molecule has 0 unspecified atom stereocenters. The van der Waals surface area contributed by atoms with Crippen molar-refractivity contribution in [1.29, 1.82) is 0 Å². The molecular weight excluding hydrogens is 669 g/mol. The van der Waals surface area contributed by atoms with Gasteiger partial charge in [-0.2, -0.15) is 0 Å². The Morgan fingerprint density at radius 3 is 2.04 bits per heavy atom. The summed E-state index contributed by atoms with van der Waals surface area (Å²) in [6.07, 6.45) is 5.11. The first kappa shape index (κ1) is 39.5. The van der Waals surface area contributed by atoms with Crippen LogP contribution in [0.3, 0.4) is 0 Å². The maximum Gasteiger partial charge on any atom is 0.308 e. The third-order valence-electron chi connectivity index (χ3n) is 7.73. The lowest BCUT2D eigenvalue weighted by Gasteiger charge is -2.13. The quantitative estimate of drug-likeness (QED) is 0.0767. The van der Waals surface area contributed by atoms with Gasteiger partial charge in [-0.15, -0.1) is 22.7 Å². The Labute approximate surface area is 297 Å². The van der Waals surface area contributed by atoms with Crippen molar-refractivity contribution >= 4 is 44.6 Å². The molecule has 0 spiro atoms. The van der Waals surface area contributed by atoms with Gasteiger partial charge < -0.3 is 38.5 Å². The molecule has 0 saturated heterocycles. The number of fused-ring (bicyclic) bond motifs is 2. The van der Waals surface area contributed by atoms with Gasteiger partial charge in [0, 0.05) is 41.3 Å². The number of thiazole rings is 1. The topological polar surface area (TPSA) is 124 Å². The lowest BCUT2D eigenvalue weighted by atomic mass is 10.00. The molecule has 0 bridgehead atoms. The Hall–Kier alpha value is -2.33. The number of carbonyl (C=O) groups excluding carboxylic acids is 2. The fourth-order valence-electron chi connectivity index (χ4n) is 5.30. The summed E-state index contributed by atoms with van der Waals surface area (Å²) in [4.78, 5) is 31.7. The predicted molar refractivity (Wildman–Crippen MR) is 192 cm³/mol. The zero-order valence-corrected chi connectivity index (χ0v) is 30.4. The average Bonchev–Trinajstić information content (AvgIpc) is 3.69. The van der Waals surface area contributed by atoms with E-state index in [0.717, 1.165) is 49.3 Å². The van der Waals surface area contributed by atoms with Gasteiger partial charge in [-0.25, -0.2) is 4.98 Å². The number of benzene rings is 1. The van der Waals surface area contributed by atoms with Gasteiger partial charge in [0.15, 0.2) is 0 Å². The summed E-state index contributed by atoms with van der Waals surface area (Å²) in [5.74, 6) is 0.0509. The molecule has 11 nitrogen and oxygen atoms in total. The Bertz CT molecular complexity index is 1350. The molecule has 272 valence electrons. The SMILES string of the molecule is CCOC(=O)CCOCCOCCOCCOCCOCCOCCCCCC(=O)Cc1sc2c(c1-c1nc3ccccc3s1)CCNC2. The highest BCUT2D eigenvalue weighted by Gasteiger charge is 2.25. The molecule has 2 aromatic heterocycles. The molecule has 0 radical (unpaired) electrons. The lowest BCUT2D eigenvalue weighted by molar-refractivity contribution is -0.144. The Morgan fingerprint density at radius 1 is 0.755 bits per heavy atom. The Balaban J connectivity index is 0.931. The molecule has 1 aliphatic rings. The summed E-state index contributed by atoms with van der Waals surface area (Å²) in [5, 5.41) is 4.52. The summed E-state index contributed by atoms with van der Waals surface area (Å²) < 4.78 is 39.0. The van der Waals surface area contributed by atoms with E-state index in [1.807, 2.05) is 6.07 Å². The number of hydrogen-bond acceptors (Lipinski definition) is 13. The molecule has 4 rings (SSSR count). The smallest absolute Gasteiger partial charge is 0.308 e. The van der Waals surface area contributed by atoms with Crippen LogP contribution < -0.4 is 5.32 Å². The summed E-state index contributed by atoms with van der Waals surface area (Å²) in [5.41, 5.74) is 3.63. The van der Waals surface area contributed by atoms with Gasteiger partial charge in [0.25, 0.3) is 0 Å². The monoisotopic (exact) mass is 720 g/mol. The fourth-order valence-corrected chi connectivity index (χ4v) is 7.79. The van der Waals surface area contributed by atoms with Gasteiger partial charge in [-0.05, 0) is 50.4 Å². The molecule has 0 atom stereocenters. The number of aromatic nitrogens is 1. The molecule has 0 fully saturated rings. The van der Waals surface area contributed by atoms with Crippen molar-refractivity contribution in [1.82, 2.24) is 10.3 Å². The van der Waals surface area contributed by atoms with Crippen molar-refractivity contribution in [3.8, 4) is 10.6 Å². The minimum Gasteiger partial charge on any atom is -0.466 e. The second-order valence-electron chi connectivity index (χ2n) is 11.5. The van der Waals surface area contributed by atoms with Crippen LogP contribution >= 0.6 is 22.7 Å². The Kier molecular flexibility index (Phi) is 19.3. The third kappa shape index (κ3) is 14.8. The van der Waals surface area contributed by atoms with Crippen LogP contribution in [-0.4, -0.2) is 109 Å². The van der Waals surface area contributed by atoms with Crippen molar-refractivity contribution in [2.45, 2.75) is 58.4 Å². The molecule has 0 aliphatic carbocycles. The first-order chi connectivity index (χ1) is 24.2. The third-order valence-corrected chi connectivity index (χ3v) is 10.0. The molecule has 1 aliphatic heterocycles. The van der Waals surface area contributed by atoms with Gasteiger partial charge in [0.2, 0.25) is 0 Å². The summed E-state index contributed by atoms with van der Waals surface area (Å²) >= 11 is 3.52. The van der Waals surface area contributed by atoms with E-state index >= 15 is 0 Å². The number of nitrogens with zero attached hydrogens (tertiary/aromatic N) is 1. The average molecular weight is 721 g/mol. The number of Topliss-reactive ketones (excluding diaryl/α,β-unsaturated/α-hetero) is 1. The van der Waals surface area contributed by atoms with Crippen LogP contribution in [0.1, 0.15) is 54.3 Å². The van der Waals surface area contributed by atoms with E-state index in [1.165, 1.54) is 25.6 Å². The molecule has 3 aromatic rings. The van der Waals surface area contributed by atoms with E-state index in [4.69, 9.17) is 38.1 Å². The zero-order valence-electron chi connectivity index (χ0n) is 28.8. The normalized spacial score (nSPS) is 12.8. The zero-order chi connectivity index (χ0) is 34.4. The minimum absolute atomic E-state index is 0.249.